The van der Waals surface area contributed by atoms with E-state index < -0.39 is 0 Å². The summed E-state index contributed by atoms with van der Waals surface area (Å²) in [6.07, 6.45) is 5.91. The van der Waals surface area contributed by atoms with Gasteiger partial charge in [0.05, 0.1) is 37.3 Å². The van der Waals surface area contributed by atoms with Crippen molar-refractivity contribution in [2.75, 3.05) is 14.2 Å². The Labute approximate surface area is 258 Å². The summed E-state index contributed by atoms with van der Waals surface area (Å²) in [6, 6.07) is 21.7. The van der Waals surface area contributed by atoms with Crippen molar-refractivity contribution in [2.24, 2.45) is 4.99 Å². The van der Waals surface area contributed by atoms with Crippen LogP contribution in [0.1, 0.15) is 6.04 Å². The van der Waals surface area contributed by atoms with Crippen molar-refractivity contribution in [3.8, 4) is 5.75 Å². The molecule has 2 aliphatic rings. The molecule has 218 valence electrons. The van der Waals surface area contributed by atoms with Gasteiger partial charge in [-0.15, -0.1) is 0 Å². The number of imidazole rings is 1. The number of nitrogens with zero attached hydrogens (tertiary/aromatic N) is 4. The highest BCUT2D eigenvalue weighted by Gasteiger charge is 2.32. The van der Waals surface area contributed by atoms with Gasteiger partial charge in [-0.2, -0.15) is 0 Å². The second-order valence-electron chi connectivity index (χ2n) is 12.3. The zero-order valence-electron chi connectivity index (χ0n) is 24.7. The molecule has 0 spiro atoms. The lowest BCUT2D eigenvalue weighted by atomic mass is 9.86. The molecule has 0 bridgehead atoms. The fourth-order valence-corrected chi connectivity index (χ4v) is 8.33. The second-order valence-corrected chi connectivity index (χ2v) is 12.3. The second kappa shape index (κ2) is 7.97. The maximum absolute atomic E-state index is 14.2. The molecule has 0 N–H and O–H groups in total. The predicted octanol–water partition coefficient (Wildman–Crippen LogP) is 6.17. The third-order valence-electron chi connectivity index (χ3n) is 10.3. The van der Waals surface area contributed by atoms with Gasteiger partial charge in [-0.05, 0) is 80.9 Å². The topological polar surface area (TPSA) is 87.2 Å². The molecular formula is C38H22N4O4. The van der Waals surface area contributed by atoms with Crippen molar-refractivity contribution in [3.05, 3.63) is 117 Å². The molecule has 0 saturated heterocycles. The molecule has 2 atom stereocenters. The van der Waals surface area contributed by atoms with Crippen LogP contribution in [0.3, 0.4) is 0 Å². The summed E-state index contributed by atoms with van der Waals surface area (Å²) in [5.41, 5.74) is 2.64. The first kappa shape index (κ1) is 24.3. The molecule has 11 rings (SSSR count). The molecule has 8 nitrogen and oxygen atoms in total. The monoisotopic (exact) mass is 598 g/mol. The normalized spacial score (nSPS) is 17.7. The average molecular weight is 599 g/mol. The van der Waals surface area contributed by atoms with Crippen molar-refractivity contribution < 1.29 is 9.47 Å². The van der Waals surface area contributed by atoms with Crippen LogP contribution in [0, 0.1) is 0 Å². The fraction of sp³-hybridized carbons (Fsp3) is 0.105. The lowest BCUT2D eigenvalue weighted by Gasteiger charge is -2.21. The van der Waals surface area contributed by atoms with Crippen molar-refractivity contribution in [2.45, 2.75) is 12.1 Å². The maximum Gasteiger partial charge on any atom is 0.264 e. The van der Waals surface area contributed by atoms with E-state index in [0.717, 1.165) is 65.1 Å². The minimum absolute atomic E-state index is 0.0540. The molecule has 1 aliphatic heterocycles. The minimum atomic E-state index is -0.224. The van der Waals surface area contributed by atoms with Crippen LogP contribution in [0.2, 0.25) is 0 Å². The highest BCUT2D eigenvalue weighted by atomic mass is 16.5. The first-order valence-corrected chi connectivity index (χ1v) is 15.2. The van der Waals surface area contributed by atoms with Crippen LogP contribution in [-0.4, -0.2) is 34.2 Å². The van der Waals surface area contributed by atoms with Crippen molar-refractivity contribution >= 4 is 81.3 Å². The Kier molecular flexibility index (Phi) is 4.21. The molecule has 46 heavy (non-hydrogen) atoms. The molecule has 3 aromatic heterocycles. The van der Waals surface area contributed by atoms with Gasteiger partial charge in [0.2, 0.25) is 0 Å². The van der Waals surface area contributed by atoms with Crippen molar-refractivity contribution in [1.29, 1.82) is 0 Å². The van der Waals surface area contributed by atoms with E-state index in [2.05, 4.69) is 36.4 Å². The van der Waals surface area contributed by atoms with E-state index in [0.29, 0.717) is 33.2 Å². The summed E-state index contributed by atoms with van der Waals surface area (Å²) < 4.78 is 14.5. The molecule has 6 aromatic carbocycles. The smallest absolute Gasteiger partial charge is 0.264 e. The lowest BCUT2D eigenvalue weighted by Crippen LogP contribution is -2.34. The lowest BCUT2D eigenvalue weighted by molar-refractivity contribution is 0.298. The largest absolute Gasteiger partial charge is 0.497 e. The Morgan fingerprint density at radius 1 is 0.674 bits per heavy atom. The summed E-state index contributed by atoms with van der Waals surface area (Å²) in [7, 11) is 3.26. The highest BCUT2D eigenvalue weighted by molar-refractivity contribution is 6.40. The van der Waals surface area contributed by atoms with Crippen LogP contribution in [0.4, 0.5) is 0 Å². The predicted molar refractivity (Wildman–Crippen MR) is 181 cm³/mol. The summed E-state index contributed by atoms with van der Waals surface area (Å²) in [6.45, 7) is 0. The van der Waals surface area contributed by atoms with E-state index in [4.69, 9.17) is 19.5 Å². The molecule has 0 amide bonds. The fourth-order valence-electron chi connectivity index (χ4n) is 8.33. The molecule has 4 heterocycles. The summed E-state index contributed by atoms with van der Waals surface area (Å²) >= 11 is 0. The first-order chi connectivity index (χ1) is 22.6. The maximum atomic E-state index is 14.2. The number of hydrogen-bond acceptors (Lipinski definition) is 6. The van der Waals surface area contributed by atoms with Crippen LogP contribution in [0.25, 0.3) is 81.3 Å². The Hall–Kier alpha value is -6.02. The van der Waals surface area contributed by atoms with E-state index in [1.807, 2.05) is 53.1 Å². The number of hydrogen-bond donors (Lipinski definition) is 0. The standard InChI is InChI=1S/C38H22N4O4/c1-45-17-4-14-29-28(15-17)40-36-24-10-6-20-19-5-9-23-33-26(38(44)42-30-16-18(46-2)3-13-27(30)39-35(23)42)12-8-22(31(19)33)21-7-11-25(34(24)32(20)21)37(43)41(29)36/h3-16,27,30H,1-2H3. The number of ether oxygens (including phenoxy) is 2. The molecule has 0 radical (unpaired) electrons. The van der Waals surface area contributed by atoms with E-state index in [-0.39, 0.29) is 23.2 Å². The van der Waals surface area contributed by atoms with Crippen LogP contribution < -0.4 is 21.3 Å². The number of methoxy groups -OCH3 is 2. The van der Waals surface area contributed by atoms with Gasteiger partial charge >= 0.3 is 0 Å². The van der Waals surface area contributed by atoms with Gasteiger partial charge in [-0.3, -0.25) is 23.5 Å². The van der Waals surface area contributed by atoms with Gasteiger partial charge in [0.1, 0.15) is 22.6 Å². The Morgan fingerprint density at radius 2 is 1.28 bits per heavy atom. The van der Waals surface area contributed by atoms with E-state index in [9.17, 15) is 9.59 Å². The van der Waals surface area contributed by atoms with E-state index in [1.165, 1.54) is 0 Å². The molecule has 0 saturated carbocycles. The number of allylic oxidation sites excluding steroid dienone is 1. The summed E-state index contributed by atoms with van der Waals surface area (Å²) in [5, 5.41) is 11.3. The van der Waals surface area contributed by atoms with Gasteiger partial charge in [-0.25, -0.2) is 4.98 Å². The SMILES string of the molecule is COC1=CC2C(C=C1)N=c1c3ccc4c5ccc6c7c(ccc(c8ccc(c(=O)n12)c3c84)c57)c(=O)n1c2ccc(OC)cc2nc61. The zero-order valence-corrected chi connectivity index (χ0v) is 24.7. The quantitative estimate of drug-likeness (QED) is 0.175. The van der Waals surface area contributed by atoms with Crippen LogP contribution >= 0.6 is 0 Å². The number of fused-ring (bicyclic) bond motifs is 10. The van der Waals surface area contributed by atoms with Gasteiger partial charge in [0.15, 0.2) is 0 Å². The molecular weight excluding hydrogens is 576 g/mol. The molecule has 8 heteroatoms. The van der Waals surface area contributed by atoms with Gasteiger partial charge in [0, 0.05) is 38.4 Å². The van der Waals surface area contributed by atoms with Gasteiger partial charge < -0.3 is 9.47 Å². The van der Waals surface area contributed by atoms with Crippen LogP contribution in [0.15, 0.2) is 105 Å². The Bertz CT molecular complexity index is 3090. The van der Waals surface area contributed by atoms with E-state index in [1.54, 1.807) is 18.6 Å². The first-order valence-electron chi connectivity index (χ1n) is 15.2. The summed E-state index contributed by atoms with van der Waals surface area (Å²) in [4.78, 5) is 38.3. The third kappa shape index (κ3) is 2.65. The van der Waals surface area contributed by atoms with Crippen molar-refractivity contribution in [1.82, 2.24) is 14.0 Å². The van der Waals surface area contributed by atoms with Crippen molar-refractivity contribution in [3.63, 3.8) is 0 Å². The molecule has 9 aromatic rings. The molecule has 0 fully saturated rings. The van der Waals surface area contributed by atoms with Gasteiger partial charge in [0.25, 0.3) is 11.1 Å². The zero-order chi connectivity index (χ0) is 30.6. The Morgan fingerprint density at radius 3 is 1.98 bits per heavy atom. The number of aromatic nitrogens is 3. The van der Waals surface area contributed by atoms with Crippen LogP contribution in [-0.2, 0) is 4.74 Å². The van der Waals surface area contributed by atoms with E-state index >= 15 is 0 Å². The van der Waals surface area contributed by atoms with Crippen LogP contribution in [0.5, 0.6) is 5.75 Å². The summed E-state index contributed by atoms with van der Waals surface area (Å²) in [5.74, 6) is 1.42. The molecule has 1 aliphatic carbocycles. The van der Waals surface area contributed by atoms with Gasteiger partial charge in [-0.1, -0.05) is 30.3 Å². The average Bonchev–Trinajstić information content (AvgIpc) is 3.67. The minimum Gasteiger partial charge on any atom is -0.497 e. The third-order valence-corrected chi connectivity index (χ3v) is 10.3. The Balaban J connectivity index is 1.30. The highest BCUT2D eigenvalue weighted by Crippen LogP contribution is 2.45. The number of benzene rings is 6. The number of pyridine rings is 2. The molecule has 2 unspecified atom stereocenters. The number of rotatable bonds is 2.